The molecule has 34 heavy (non-hydrogen) atoms. The Balaban J connectivity index is 1.71. The fraction of sp³-hybridized carbons (Fsp3) is 0.720. The van der Waals surface area contributed by atoms with Crippen molar-refractivity contribution in [2.24, 2.45) is 17.3 Å². The molecule has 9 nitrogen and oxygen atoms in total. The number of esters is 3. The summed E-state index contributed by atoms with van der Waals surface area (Å²) in [5.41, 5.74) is -2.94. The van der Waals surface area contributed by atoms with Crippen LogP contribution in [0.1, 0.15) is 52.4 Å². The fourth-order valence-electron chi connectivity index (χ4n) is 5.82. The SMILES string of the molecule is COCCOCOC(=O)/C(C)=C/C=C/[C@@]1(C)OC(=O)[C@]23CCC(C(=O)OC)CC[C@]2(O)[C@H]1CC3. The zero-order valence-corrected chi connectivity index (χ0v) is 20.5. The third-order valence-corrected chi connectivity index (χ3v) is 7.79. The number of allylic oxidation sites excluding steroid dienone is 2. The van der Waals surface area contributed by atoms with Crippen molar-refractivity contribution < 1.29 is 43.2 Å². The van der Waals surface area contributed by atoms with Crippen LogP contribution in [0.5, 0.6) is 0 Å². The van der Waals surface area contributed by atoms with Gasteiger partial charge in [-0.1, -0.05) is 12.2 Å². The molecule has 0 aromatic heterocycles. The molecule has 0 aromatic rings. The van der Waals surface area contributed by atoms with Crippen molar-refractivity contribution in [2.45, 2.75) is 63.6 Å². The van der Waals surface area contributed by atoms with Crippen LogP contribution < -0.4 is 0 Å². The van der Waals surface area contributed by atoms with Gasteiger partial charge in [-0.25, -0.2) is 4.79 Å². The van der Waals surface area contributed by atoms with Crippen molar-refractivity contribution >= 4 is 17.9 Å². The summed E-state index contributed by atoms with van der Waals surface area (Å²) in [5.74, 6) is -1.90. The highest BCUT2D eigenvalue weighted by atomic mass is 16.7. The monoisotopic (exact) mass is 480 g/mol. The average molecular weight is 481 g/mol. The minimum atomic E-state index is -1.26. The topological polar surface area (TPSA) is 118 Å². The number of carbonyl (C=O) groups excluding carboxylic acids is 3. The van der Waals surface area contributed by atoms with E-state index in [4.69, 9.17) is 23.7 Å². The predicted octanol–water partition coefficient (Wildman–Crippen LogP) is 2.46. The zero-order valence-electron chi connectivity index (χ0n) is 20.5. The number of carbonyl (C=O) groups is 3. The van der Waals surface area contributed by atoms with Crippen LogP contribution in [0.4, 0.5) is 0 Å². The number of cyclic esters (lactones) is 1. The summed E-state index contributed by atoms with van der Waals surface area (Å²) in [7, 11) is 2.91. The van der Waals surface area contributed by atoms with Gasteiger partial charge in [0.25, 0.3) is 0 Å². The maximum absolute atomic E-state index is 13.3. The van der Waals surface area contributed by atoms with E-state index in [9.17, 15) is 19.5 Å². The Morgan fingerprint density at radius 3 is 2.56 bits per heavy atom. The number of ether oxygens (including phenoxy) is 5. The number of aliphatic hydroxyl groups is 1. The minimum absolute atomic E-state index is 0.170. The molecule has 5 atom stereocenters. The van der Waals surface area contributed by atoms with E-state index < -0.39 is 28.6 Å². The van der Waals surface area contributed by atoms with Gasteiger partial charge in [-0.2, -0.15) is 0 Å². The lowest BCUT2D eigenvalue weighted by Gasteiger charge is -2.52. The Morgan fingerprint density at radius 1 is 1.15 bits per heavy atom. The Bertz CT molecular complexity index is 849. The molecule has 1 heterocycles. The Hall–Kier alpha value is -2.23. The summed E-state index contributed by atoms with van der Waals surface area (Å²) in [6, 6.07) is 0. The number of hydrogen-bond donors (Lipinski definition) is 1. The van der Waals surface area contributed by atoms with Gasteiger partial charge in [0, 0.05) is 18.6 Å². The number of hydrogen-bond acceptors (Lipinski definition) is 9. The van der Waals surface area contributed by atoms with Gasteiger partial charge in [-0.15, -0.1) is 0 Å². The van der Waals surface area contributed by atoms with E-state index in [1.165, 1.54) is 7.11 Å². The third kappa shape index (κ3) is 4.78. The van der Waals surface area contributed by atoms with Gasteiger partial charge in [0.2, 0.25) is 0 Å². The lowest BCUT2D eigenvalue weighted by Crippen LogP contribution is -2.63. The van der Waals surface area contributed by atoms with Gasteiger partial charge in [-0.3, -0.25) is 9.59 Å². The van der Waals surface area contributed by atoms with E-state index in [-0.39, 0.29) is 24.6 Å². The van der Waals surface area contributed by atoms with E-state index in [0.717, 1.165) is 0 Å². The van der Waals surface area contributed by atoms with Crippen LogP contribution in [0, 0.1) is 17.3 Å². The minimum Gasteiger partial charge on any atom is -0.469 e. The second-order valence-electron chi connectivity index (χ2n) is 9.63. The van der Waals surface area contributed by atoms with Crippen molar-refractivity contribution in [3.8, 4) is 0 Å². The maximum atomic E-state index is 13.3. The second kappa shape index (κ2) is 10.6. The van der Waals surface area contributed by atoms with Gasteiger partial charge in [0.05, 0.1) is 37.3 Å². The Kier molecular flexibility index (Phi) is 8.21. The molecule has 190 valence electrons. The highest BCUT2D eigenvalue weighted by Gasteiger charge is 2.72. The molecule has 1 N–H and O–H groups in total. The van der Waals surface area contributed by atoms with Crippen LogP contribution in [-0.2, 0) is 38.1 Å². The first-order valence-electron chi connectivity index (χ1n) is 11.8. The molecule has 0 aromatic carbocycles. The molecule has 3 rings (SSSR count). The summed E-state index contributed by atoms with van der Waals surface area (Å²) >= 11 is 0. The smallest absolute Gasteiger partial charge is 0.335 e. The number of rotatable bonds is 9. The molecule has 1 saturated heterocycles. The van der Waals surface area contributed by atoms with Gasteiger partial charge in [-0.05, 0) is 58.4 Å². The molecular weight excluding hydrogens is 444 g/mol. The molecule has 0 amide bonds. The lowest BCUT2D eigenvalue weighted by atomic mass is 9.62. The normalized spacial score (nSPS) is 35.4. The fourth-order valence-corrected chi connectivity index (χ4v) is 5.82. The standard InChI is InChI=1S/C25H36O9/c1-17(20(26)33-16-32-15-14-30-3)6-5-10-23(2)19-9-12-24(22(28)34-23)11-7-18(21(27)31-4)8-13-25(19,24)29/h5-6,10,18-19,29H,7-9,11-16H2,1-4H3/b10-5+,17-6+/t18?,19-,23+,24+,25-/m0/s1. The first kappa shape index (κ1) is 26.4. The Labute approximate surface area is 200 Å². The van der Waals surface area contributed by atoms with E-state index in [1.54, 1.807) is 39.2 Å². The summed E-state index contributed by atoms with van der Waals surface area (Å²) < 4.78 is 25.9. The molecule has 1 aliphatic heterocycles. The quantitative estimate of drug-likeness (QED) is 0.133. The largest absolute Gasteiger partial charge is 0.469 e. The van der Waals surface area contributed by atoms with Crippen molar-refractivity contribution in [3.63, 3.8) is 0 Å². The van der Waals surface area contributed by atoms with Gasteiger partial charge < -0.3 is 28.8 Å². The van der Waals surface area contributed by atoms with Crippen molar-refractivity contribution in [2.75, 3.05) is 34.2 Å². The van der Waals surface area contributed by atoms with Crippen LogP contribution in [-0.4, -0.2) is 68.4 Å². The average Bonchev–Trinajstić information content (AvgIpc) is 2.93. The van der Waals surface area contributed by atoms with Crippen molar-refractivity contribution in [3.05, 3.63) is 23.8 Å². The molecule has 0 spiro atoms. The molecule has 9 heteroatoms. The van der Waals surface area contributed by atoms with Gasteiger partial charge in [0.15, 0.2) is 6.79 Å². The molecule has 1 unspecified atom stereocenters. The maximum Gasteiger partial charge on any atom is 0.335 e. The molecule has 2 bridgehead atoms. The Morgan fingerprint density at radius 2 is 1.85 bits per heavy atom. The summed E-state index contributed by atoms with van der Waals surface area (Å²) in [6.45, 7) is 3.96. The van der Waals surface area contributed by atoms with Crippen molar-refractivity contribution in [1.82, 2.24) is 0 Å². The van der Waals surface area contributed by atoms with E-state index >= 15 is 0 Å². The molecule has 3 aliphatic rings. The summed E-state index contributed by atoms with van der Waals surface area (Å²) in [6.07, 6.45) is 7.79. The van der Waals surface area contributed by atoms with Crippen LogP contribution in [0.2, 0.25) is 0 Å². The van der Waals surface area contributed by atoms with E-state index in [2.05, 4.69) is 0 Å². The van der Waals surface area contributed by atoms with Crippen molar-refractivity contribution in [1.29, 1.82) is 0 Å². The van der Waals surface area contributed by atoms with Gasteiger partial charge >= 0.3 is 17.9 Å². The zero-order chi connectivity index (χ0) is 25.0. The highest BCUT2D eigenvalue weighted by molar-refractivity contribution is 5.88. The number of methoxy groups -OCH3 is 2. The summed E-state index contributed by atoms with van der Waals surface area (Å²) in [5, 5.41) is 11.9. The first-order chi connectivity index (χ1) is 16.1. The van der Waals surface area contributed by atoms with Crippen LogP contribution in [0.3, 0.4) is 0 Å². The first-order valence-corrected chi connectivity index (χ1v) is 11.8. The molecular formula is C25H36O9. The van der Waals surface area contributed by atoms with Crippen LogP contribution in [0.25, 0.3) is 0 Å². The van der Waals surface area contributed by atoms with Crippen LogP contribution >= 0.6 is 0 Å². The van der Waals surface area contributed by atoms with Gasteiger partial charge in [0.1, 0.15) is 5.60 Å². The molecule has 3 fully saturated rings. The van der Waals surface area contributed by atoms with E-state index in [0.29, 0.717) is 57.3 Å². The summed E-state index contributed by atoms with van der Waals surface area (Å²) in [4.78, 5) is 37.5. The highest BCUT2D eigenvalue weighted by Crippen LogP contribution is 2.64. The molecule has 0 radical (unpaired) electrons. The molecule has 2 aliphatic carbocycles. The second-order valence-corrected chi connectivity index (χ2v) is 9.63. The molecule has 2 saturated carbocycles. The van der Waals surface area contributed by atoms with Crippen LogP contribution in [0.15, 0.2) is 23.8 Å². The predicted molar refractivity (Wildman–Crippen MR) is 120 cm³/mol. The lowest BCUT2D eigenvalue weighted by molar-refractivity contribution is -0.225. The van der Waals surface area contributed by atoms with E-state index in [1.807, 2.05) is 0 Å². The third-order valence-electron chi connectivity index (χ3n) is 7.79.